The van der Waals surface area contributed by atoms with Crippen LogP contribution in [-0.4, -0.2) is 56.5 Å². The zero-order chi connectivity index (χ0) is 11.8. The van der Waals surface area contributed by atoms with Crippen LogP contribution in [0.5, 0.6) is 0 Å². The zero-order valence-electron chi connectivity index (χ0n) is 10.7. The van der Waals surface area contributed by atoms with Gasteiger partial charge in [-0.25, -0.2) is 0 Å². The van der Waals surface area contributed by atoms with E-state index in [2.05, 4.69) is 18.7 Å². The van der Waals surface area contributed by atoms with E-state index in [1.54, 1.807) is 0 Å². The summed E-state index contributed by atoms with van der Waals surface area (Å²) in [5.41, 5.74) is 5.55. The number of ether oxygens (including phenoxy) is 2. The first-order chi connectivity index (χ1) is 7.80. The Morgan fingerprint density at radius 2 is 1.94 bits per heavy atom. The van der Waals surface area contributed by atoms with E-state index in [1.807, 2.05) is 0 Å². The van der Waals surface area contributed by atoms with E-state index < -0.39 is 0 Å². The molecule has 0 aromatic heterocycles. The number of hydrogen-bond acceptors (Lipinski definition) is 4. The third kappa shape index (κ3) is 4.78. The largest absolute Gasteiger partial charge is 0.377 e. The van der Waals surface area contributed by atoms with Crippen LogP contribution >= 0.6 is 0 Å². The average molecular weight is 230 g/mol. The number of rotatable bonds is 8. The van der Waals surface area contributed by atoms with Gasteiger partial charge in [0.05, 0.1) is 25.4 Å². The Labute approximate surface area is 99.1 Å². The van der Waals surface area contributed by atoms with Gasteiger partial charge in [-0.05, 0) is 25.9 Å². The van der Waals surface area contributed by atoms with Gasteiger partial charge in [-0.15, -0.1) is 0 Å². The van der Waals surface area contributed by atoms with Gasteiger partial charge in [0, 0.05) is 13.1 Å². The number of likely N-dealkylation sites (N-methyl/N-ethyl adjacent to an activating group) is 1. The van der Waals surface area contributed by atoms with E-state index >= 15 is 0 Å². The second-order valence-corrected chi connectivity index (χ2v) is 4.29. The number of nitrogens with two attached hydrogens (primary N) is 1. The molecule has 1 aliphatic rings. The Morgan fingerprint density at radius 1 is 1.25 bits per heavy atom. The molecule has 4 nitrogen and oxygen atoms in total. The van der Waals surface area contributed by atoms with Crippen molar-refractivity contribution in [3.8, 4) is 0 Å². The maximum Gasteiger partial charge on any atom is 0.0813 e. The van der Waals surface area contributed by atoms with Gasteiger partial charge < -0.3 is 20.1 Å². The van der Waals surface area contributed by atoms with Gasteiger partial charge >= 0.3 is 0 Å². The van der Waals surface area contributed by atoms with Crippen LogP contribution in [0.4, 0.5) is 0 Å². The van der Waals surface area contributed by atoms with Gasteiger partial charge in [-0.2, -0.15) is 0 Å². The molecular formula is C12H26N2O2. The lowest BCUT2D eigenvalue weighted by molar-refractivity contribution is -0.0155. The summed E-state index contributed by atoms with van der Waals surface area (Å²) in [5, 5.41) is 0. The second kappa shape index (κ2) is 8.01. The van der Waals surface area contributed by atoms with Gasteiger partial charge in [0.25, 0.3) is 0 Å². The van der Waals surface area contributed by atoms with Crippen molar-refractivity contribution in [2.24, 2.45) is 5.73 Å². The normalized spacial score (nSPS) is 25.5. The highest BCUT2D eigenvalue weighted by Gasteiger charge is 2.23. The first-order valence-electron chi connectivity index (χ1n) is 6.45. The molecule has 4 heteroatoms. The quantitative estimate of drug-likeness (QED) is 0.628. The molecule has 0 spiro atoms. The van der Waals surface area contributed by atoms with Crippen LogP contribution in [0.1, 0.15) is 26.7 Å². The summed E-state index contributed by atoms with van der Waals surface area (Å²) in [4.78, 5) is 2.36. The topological polar surface area (TPSA) is 47.7 Å². The maximum atomic E-state index is 5.71. The highest BCUT2D eigenvalue weighted by molar-refractivity contribution is 4.73. The Balaban J connectivity index is 1.99. The predicted octanol–water partition coefficient (Wildman–Crippen LogP) is 0.851. The summed E-state index contributed by atoms with van der Waals surface area (Å²) < 4.78 is 11.3. The van der Waals surface area contributed by atoms with Gasteiger partial charge in [-0.3, -0.25) is 0 Å². The Bertz CT molecular complexity index is 174. The minimum absolute atomic E-state index is 0.261. The van der Waals surface area contributed by atoms with Crippen molar-refractivity contribution in [3.63, 3.8) is 0 Å². The van der Waals surface area contributed by atoms with Crippen LogP contribution in [0.2, 0.25) is 0 Å². The van der Waals surface area contributed by atoms with Crippen LogP contribution in [0.15, 0.2) is 0 Å². The van der Waals surface area contributed by atoms with Crippen molar-refractivity contribution in [2.45, 2.75) is 38.9 Å². The molecule has 1 heterocycles. The molecule has 0 radical (unpaired) electrons. The fourth-order valence-corrected chi connectivity index (χ4v) is 2.02. The van der Waals surface area contributed by atoms with Gasteiger partial charge in [0.2, 0.25) is 0 Å². The fraction of sp³-hybridized carbons (Fsp3) is 1.00. The zero-order valence-corrected chi connectivity index (χ0v) is 10.7. The van der Waals surface area contributed by atoms with Crippen LogP contribution in [0.25, 0.3) is 0 Å². The van der Waals surface area contributed by atoms with E-state index in [4.69, 9.17) is 15.2 Å². The minimum Gasteiger partial charge on any atom is -0.377 e. The monoisotopic (exact) mass is 230 g/mol. The smallest absolute Gasteiger partial charge is 0.0813 e. The van der Waals surface area contributed by atoms with Crippen LogP contribution in [0.3, 0.4) is 0 Å². The molecule has 0 saturated carbocycles. The highest BCUT2D eigenvalue weighted by Crippen LogP contribution is 2.18. The molecule has 96 valence electrons. The Kier molecular flexibility index (Phi) is 6.96. The fourth-order valence-electron chi connectivity index (χ4n) is 2.02. The van der Waals surface area contributed by atoms with E-state index in [-0.39, 0.29) is 12.2 Å². The summed E-state index contributed by atoms with van der Waals surface area (Å²) in [7, 11) is 0. The molecular weight excluding hydrogens is 204 g/mol. The molecule has 0 bridgehead atoms. The van der Waals surface area contributed by atoms with Crippen LogP contribution in [-0.2, 0) is 9.47 Å². The summed E-state index contributed by atoms with van der Waals surface area (Å²) in [5.74, 6) is 0. The highest BCUT2D eigenvalue weighted by atomic mass is 16.5. The van der Waals surface area contributed by atoms with Crippen molar-refractivity contribution in [1.29, 1.82) is 0 Å². The third-order valence-electron chi connectivity index (χ3n) is 3.21. The summed E-state index contributed by atoms with van der Waals surface area (Å²) >= 11 is 0. The number of hydrogen-bond donors (Lipinski definition) is 1. The van der Waals surface area contributed by atoms with E-state index in [9.17, 15) is 0 Å². The van der Waals surface area contributed by atoms with E-state index in [0.29, 0.717) is 6.54 Å². The van der Waals surface area contributed by atoms with E-state index in [0.717, 1.165) is 45.7 Å². The van der Waals surface area contributed by atoms with E-state index in [1.165, 1.54) is 0 Å². The lowest BCUT2D eigenvalue weighted by atomic mass is 10.2. The van der Waals surface area contributed by atoms with Gasteiger partial charge in [0.1, 0.15) is 0 Å². The molecule has 2 unspecified atom stereocenters. The molecule has 1 aliphatic heterocycles. The van der Waals surface area contributed by atoms with Crippen molar-refractivity contribution < 1.29 is 9.47 Å². The van der Waals surface area contributed by atoms with Crippen molar-refractivity contribution >= 4 is 0 Å². The van der Waals surface area contributed by atoms with Crippen LogP contribution < -0.4 is 5.73 Å². The van der Waals surface area contributed by atoms with Crippen molar-refractivity contribution in [3.05, 3.63) is 0 Å². The molecule has 1 saturated heterocycles. The molecule has 2 N–H and O–H groups in total. The first kappa shape index (κ1) is 13.9. The molecule has 1 rings (SSSR count). The summed E-state index contributed by atoms with van der Waals surface area (Å²) in [6.45, 7) is 9.71. The van der Waals surface area contributed by atoms with Gasteiger partial charge in [-0.1, -0.05) is 13.8 Å². The number of nitrogens with zero attached hydrogens (tertiary/aromatic N) is 1. The standard InChI is InChI=1S/C12H26N2O2/c1-3-14(4-2)7-8-15-10-12-6-5-11(9-13)16-12/h11-12H,3-10,13H2,1-2H3. The van der Waals surface area contributed by atoms with Crippen molar-refractivity contribution in [2.75, 3.05) is 39.4 Å². The average Bonchev–Trinajstić information content (AvgIpc) is 2.77. The molecule has 0 amide bonds. The molecule has 1 fully saturated rings. The third-order valence-corrected chi connectivity index (χ3v) is 3.21. The van der Waals surface area contributed by atoms with Crippen LogP contribution in [0, 0.1) is 0 Å². The molecule has 2 atom stereocenters. The second-order valence-electron chi connectivity index (χ2n) is 4.29. The van der Waals surface area contributed by atoms with Crippen molar-refractivity contribution in [1.82, 2.24) is 4.90 Å². The Hall–Kier alpha value is -0.160. The molecule has 0 aliphatic carbocycles. The first-order valence-corrected chi connectivity index (χ1v) is 6.45. The maximum absolute atomic E-state index is 5.71. The molecule has 0 aromatic carbocycles. The summed E-state index contributed by atoms with van der Waals surface area (Å²) in [6.07, 6.45) is 2.70. The lowest BCUT2D eigenvalue weighted by Crippen LogP contribution is -2.28. The SMILES string of the molecule is CCN(CC)CCOCC1CCC(CN)O1. The summed E-state index contributed by atoms with van der Waals surface area (Å²) in [6, 6.07) is 0. The molecule has 16 heavy (non-hydrogen) atoms. The van der Waals surface area contributed by atoms with Gasteiger partial charge in [0.15, 0.2) is 0 Å². The minimum atomic E-state index is 0.261. The lowest BCUT2D eigenvalue weighted by Gasteiger charge is -2.18. The predicted molar refractivity (Wildman–Crippen MR) is 65.6 cm³/mol. The molecule has 0 aromatic rings. The Morgan fingerprint density at radius 3 is 2.50 bits per heavy atom.